The number of hydrogen-bond donors (Lipinski definition) is 0. The van der Waals surface area contributed by atoms with Gasteiger partial charge in [0.2, 0.25) is 0 Å². The summed E-state index contributed by atoms with van der Waals surface area (Å²) in [7, 11) is 2.78. The van der Waals surface area contributed by atoms with Gasteiger partial charge in [0.05, 0.1) is 5.21 Å². The van der Waals surface area contributed by atoms with E-state index in [-0.39, 0.29) is 4.17 Å². The summed E-state index contributed by atoms with van der Waals surface area (Å²) >= 11 is 15.9. The lowest BCUT2D eigenvalue weighted by atomic mass is 11.9. The van der Waals surface area contributed by atoms with Crippen LogP contribution in [-0.2, 0) is 0 Å². The zero-order valence-corrected chi connectivity index (χ0v) is 7.14. The molecule has 0 aliphatic rings. The molecule has 0 aliphatic carbocycles. The first-order valence-electron chi connectivity index (χ1n) is 1.39. The summed E-state index contributed by atoms with van der Waals surface area (Å²) in [6, 6.07) is 0. The quantitative estimate of drug-likeness (QED) is 0.503. The lowest BCUT2D eigenvalue weighted by molar-refractivity contribution is 2.02. The molecule has 5 heteroatoms. The molecule has 0 aromatic heterocycles. The minimum atomic E-state index is -0.358. The standard InChI is InChI=1S/C2H3Cl3S2/c3-1-6-7-2(4)5/h2H,1H2. The van der Waals surface area contributed by atoms with E-state index < -0.39 is 0 Å². The summed E-state index contributed by atoms with van der Waals surface area (Å²) in [5.74, 6) is 0. The van der Waals surface area contributed by atoms with Gasteiger partial charge < -0.3 is 0 Å². The highest BCUT2D eigenvalue weighted by molar-refractivity contribution is 8.77. The predicted octanol–water partition coefficient (Wildman–Crippen LogP) is 3.33. The SMILES string of the molecule is ClCSSC(Cl)Cl. The second-order valence-corrected chi connectivity index (χ2v) is 5.25. The van der Waals surface area contributed by atoms with Crippen LogP contribution in [-0.4, -0.2) is 9.38 Å². The van der Waals surface area contributed by atoms with Crippen LogP contribution in [0, 0.1) is 0 Å². The van der Waals surface area contributed by atoms with Crippen LogP contribution < -0.4 is 0 Å². The van der Waals surface area contributed by atoms with Gasteiger partial charge in [0.1, 0.15) is 0 Å². The summed E-state index contributed by atoms with van der Waals surface area (Å²) in [6.07, 6.45) is 0. The van der Waals surface area contributed by atoms with Crippen molar-refractivity contribution in [3.63, 3.8) is 0 Å². The Morgan fingerprint density at radius 1 is 1.43 bits per heavy atom. The molecular formula is C2H3Cl3S2. The molecular weight excluding hydrogens is 195 g/mol. The van der Waals surface area contributed by atoms with Crippen molar-refractivity contribution in [3.05, 3.63) is 0 Å². The van der Waals surface area contributed by atoms with E-state index in [0.29, 0.717) is 5.21 Å². The number of hydrogen-bond acceptors (Lipinski definition) is 2. The third kappa shape index (κ3) is 7.57. The molecule has 0 heterocycles. The van der Waals surface area contributed by atoms with E-state index in [9.17, 15) is 0 Å². The highest BCUT2D eigenvalue weighted by Gasteiger charge is 1.95. The van der Waals surface area contributed by atoms with Gasteiger partial charge >= 0.3 is 0 Å². The van der Waals surface area contributed by atoms with Gasteiger partial charge in [-0.3, -0.25) is 0 Å². The molecule has 0 fully saturated rings. The van der Waals surface area contributed by atoms with E-state index in [0.717, 1.165) is 0 Å². The average Bonchev–Trinajstić information content (AvgIpc) is 1.61. The molecule has 0 unspecified atom stereocenters. The van der Waals surface area contributed by atoms with Crippen molar-refractivity contribution in [1.29, 1.82) is 0 Å². The van der Waals surface area contributed by atoms with Crippen molar-refractivity contribution in [2.45, 2.75) is 4.17 Å². The highest BCUT2D eigenvalue weighted by Crippen LogP contribution is 2.31. The number of rotatable bonds is 3. The first-order valence-corrected chi connectivity index (χ1v) is 5.18. The second-order valence-electron chi connectivity index (χ2n) is 0.584. The van der Waals surface area contributed by atoms with Crippen molar-refractivity contribution in [2.75, 3.05) is 5.21 Å². The maximum atomic E-state index is 5.31. The van der Waals surface area contributed by atoms with Crippen LogP contribution in [0.25, 0.3) is 0 Å². The molecule has 0 amide bonds. The minimum Gasteiger partial charge on any atom is -0.114 e. The van der Waals surface area contributed by atoms with E-state index in [2.05, 4.69) is 0 Å². The normalized spacial score (nSPS) is 10.3. The zero-order valence-electron chi connectivity index (χ0n) is 3.23. The summed E-state index contributed by atoms with van der Waals surface area (Å²) in [4.78, 5) is 0. The first-order chi connectivity index (χ1) is 3.27. The Morgan fingerprint density at radius 2 is 2.00 bits per heavy atom. The molecule has 0 aliphatic heterocycles. The van der Waals surface area contributed by atoms with Gasteiger partial charge in [0.15, 0.2) is 4.17 Å². The summed E-state index contributed by atoms with van der Waals surface area (Å²) in [5.41, 5.74) is 0. The van der Waals surface area contributed by atoms with E-state index in [1.165, 1.54) is 21.6 Å². The monoisotopic (exact) mass is 196 g/mol. The largest absolute Gasteiger partial charge is 0.162 e. The first kappa shape index (κ1) is 8.57. The van der Waals surface area contributed by atoms with Crippen LogP contribution in [0.5, 0.6) is 0 Å². The minimum absolute atomic E-state index is 0.358. The van der Waals surface area contributed by atoms with Gasteiger partial charge in [-0.25, -0.2) is 0 Å². The molecule has 0 bridgehead atoms. The summed E-state index contributed by atoms with van der Waals surface area (Å²) in [6.45, 7) is 0. The van der Waals surface area contributed by atoms with Crippen molar-refractivity contribution < 1.29 is 0 Å². The molecule has 0 spiro atoms. The fraction of sp³-hybridized carbons (Fsp3) is 1.00. The van der Waals surface area contributed by atoms with E-state index >= 15 is 0 Å². The van der Waals surface area contributed by atoms with Crippen LogP contribution in [0.1, 0.15) is 0 Å². The molecule has 0 aromatic carbocycles. The molecule has 0 rings (SSSR count). The van der Waals surface area contributed by atoms with Crippen molar-refractivity contribution in [1.82, 2.24) is 0 Å². The van der Waals surface area contributed by atoms with Crippen molar-refractivity contribution in [2.24, 2.45) is 0 Å². The molecule has 0 N–H and O–H groups in total. The molecule has 0 radical (unpaired) electrons. The Balaban J connectivity index is 2.68. The van der Waals surface area contributed by atoms with Crippen LogP contribution in [0.2, 0.25) is 0 Å². The smallest absolute Gasteiger partial charge is 0.114 e. The molecule has 0 aromatic rings. The Bertz CT molecular complexity index is 39.9. The van der Waals surface area contributed by atoms with Gasteiger partial charge in [-0.15, -0.1) is 11.6 Å². The third-order valence-electron chi connectivity index (χ3n) is 0.185. The molecule has 0 atom stereocenters. The highest BCUT2D eigenvalue weighted by atomic mass is 35.5. The Labute approximate surface area is 65.7 Å². The Hall–Kier alpha value is 1.57. The fourth-order valence-corrected chi connectivity index (χ4v) is 2.08. The van der Waals surface area contributed by atoms with E-state index in [4.69, 9.17) is 34.8 Å². The molecule has 0 saturated heterocycles. The second kappa shape index (κ2) is 5.70. The van der Waals surface area contributed by atoms with Gasteiger partial charge in [-0.1, -0.05) is 44.8 Å². The van der Waals surface area contributed by atoms with E-state index in [1.54, 1.807) is 0 Å². The topological polar surface area (TPSA) is 0 Å². The van der Waals surface area contributed by atoms with Crippen LogP contribution in [0.3, 0.4) is 0 Å². The van der Waals surface area contributed by atoms with Crippen molar-refractivity contribution >= 4 is 56.4 Å². The molecule has 0 nitrogen and oxygen atoms in total. The lowest BCUT2D eigenvalue weighted by Crippen LogP contribution is -1.68. The van der Waals surface area contributed by atoms with Gasteiger partial charge in [-0.05, 0) is 0 Å². The predicted molar refractivity (Wildman–Crippen MR) is 41.4 cm³/mol. The fourth-order valence-electron chi connectivity index (χ4n) is 0.0772. The van der Waals surface area contributed by atoms with Gasteiger partial charge in [0.25, 0.3) is 0 Å². The maximum absolute atomic E-state index is 5.31. The van der Waals surface area contributed by atoms with E-state index in [1.807, 2.05) is 0 Å². The Kier molecular flexibility index (Phi) is 6.98. The average molecular weight is 198 g/mol. The molecule has 0 saturated carbocycles. The van der Waals surface area contributed by atoms with Gasteiger partial charge in [0, 0.05) is 0 Å². The molecule has 7 heavy (non-hydrogen) atoms. The molecule has 44 valence electrons. The Morgan fingerprint density at radius 3 is 2.14 bits per heavy atom. The zero-order chi connectivity index (χ0) is 5.70. The lowest BCUT2D eigenvalue weighted by Gasteiger charge is -1.92. The van der Waals surface area contributed by atoms with Crippen LogP contribution in [0.15, 0.2) is 0 Å². The summed E-state index contributed by atoms with van der Waals surface area (Å²) < 4.78 is -0.358. The van der Waals surface area contributed by atoms with Crippen LogP contribution in [0.4, 0.5) is 0 Å². The van der Waals surface area contributed by atoms with Crippen molar-refractivity contribution in [3.8, 4) is 0 Å². The third-order valence-corrected chi connectivity index (χ3v) is 3.78. The number of halogens is 3. The number of alkyl halides is 3. The maximum Gasteiger partial charge on any atom is 0.162 e. The van der Waals surface area contributed by atoms with Crippen LogP contribution >= 0.6 is 56.4 Å². The summed E-state index contributed by atoms with van der Waals surface area (Å²) in [5, 5.41) is 0.528. The van der Waals surface area contributed by atoms with Gasteiger partial charge in [-0.2, -0.15) is 0 Å².